The van der Waals surface area contributed by atoms with Crippen LogP contribution in [0.4, 0.5) is 0 Å². The fourth-order valence-electron chi connectivity index (χ4n) is 3.35. The van der Waals surface area contributed by atoms with Gasteiger partial charge in [-0.3, -0.25) is 4.79 Å². The van der Waals surface area contributed by atoms with Crippen LogP contribution in [0.2, 0.25) is 0 Å². The van der Waals surface area contributed by atoms with Gasteiger partial charge in [0.25, 0.3) is 6.47 Å². The molecule has 0 heterocycles. The highest BCUT2D eigenvalue weighted by atomic mass is 16.5. The first-order chi connectivity index (χ1) is 12.9. The summed E-state index contributed by atoms with van der Waals surface area (Å²) >= 11 is 0. The van der Waals surface area contributed by atoms with Gasteiger partial charge in [-0.2, -0.15) is 0 Å². The topological polar surface area (TPSA) is 26.3 Å². The average Bonchev–Trinajstić information content (AvgIpc) is 2.66. The van der Waals surface area contributed by atoms with Gasteiger partial charge < -0.3 is 4.74 Å². The molecule has 154 valence electrons. The van der Waals surface area contributed by atoms with Gasteiger partial charge in [0.15, 0.2) is 0 Å². The molecule has 0 unspecified atom stereocenters. The number of carbonyl (C=O) groups is 1. The largest absolute Gasteiger partial charge is 0.468 e. The molecule has 0 aromatic carbocycles. The molecule has 0 rings (SSSR count). The van der Waals surface area contributed by atoms with Crippen LogP contribution in [0.25, 0.3) is 0 Å². The van der Waals surface area contributed by atoms with Crippen LogP contribution in [-0.4, -0.2) is 13.1 Å². The van der Waals surface area contributed by atoms with Crippen LogP contribution in [0.3, 0.4) is 0 Å². The van der Waals surface area contributed by atoms with E-state index in [1.54, 1.807) is 0 Å². The lowest BCUT2D eigenvalue weighted by Crippen LogP contribution is -1.91. The molecule has 0 bridgehead atoms. The van der Waals surface area contributed by atoms with Gasteiger partial charge in [0.1, 0.15) is 0 Å². The van der Waals surface area contributed by atoms with Gasteiger partial charge >= 0.3 is 0 Å². The normalized spacial score (nSPS) is 11.3. The molecule has 2 nitrogen and oxygen atoms in total. The smallest absolute Gasteiger partial charge is 0.293 e. The molecule has 0 fully saturated rings. The van der Waals surface area contributed by atoms with Crippen LogP contribution >= 0.6 is 0 Å². The second-order valence-electron chi connectivity index (χ2n) is 7.67. The quantitative estimate of drug-likeness (QED) is 0.110. The molecule has 0 aliphatic heterocycles. The predicted octanol–water partition coefficient (Wildman–Crippen LogP) is 8.15. The molecule has 0 N–H and O–H groups in total. The molecular weight excluding hydrogens is 320 g/mol. The number of ether oxygens (including phenoxy) is 1. The molecule has 0 amide bonds. The Labute approximate surface area is 164 Å². The minimum Gasteiger partial charge on any atom is -0.468 e. The van der Waals surface area contributed by atoms with Crippen molar-refractivity contribution < 1.29 is 9.53 Å². The Hall–Kier alpha value is -0.790. The third-order valence-corrected chi connectivity index (χ3v) is 5.09. The van der Waals surface area contributed by atoms with Crippen LogP contribution in [0.15, 0.2) is 12.2 Å². The number of unbranched alkanes of at least 4 members (excludes halogenated alkanes) is 17. The van der Waals surface area contributed by atoms with E-state index in [1.165, 1.54) is 116 Å². The first kappa shape index (κ1) is 25.2. The maximum atomic E-state index is 9.99. The monoisotopic (exact) mass is 366 g/mol. The van der Waals surface area contributed by atoms with Crippen molar-refractivity contribution in [2.24, 2.45) is 0 Å². The molecule has 0 atom stereocenters. The highest BCUT2D eigenvalue weighted by molar-refractivity contribution is 5.36. The van der Waals surface area contributed by atoms with E-state index in [1.807, 2.05) is 0 Å². The van der Waals surface area contributed by atoms with Gasteiger partial charge in [0.05, 0.1) is 6.61 Å². The first-order valence-corrected chi connectivity index (χ1v) is 11.6. The van der Waals surface area contributed by atoms with E-state index < -0.39 is 0 Å². The fraction of sp³-hybridized carbons (Fsp3) is 0.875. The summed E-state index contributed by atoms with van der Waals surface area (Å²) in [6.07, 6.45) is 30.4. The lowest BCUT2D eigenvalue weighted by molar-refractivity contribution is -0.128. The van der Waals surface area contributed by atoms with Crippen molar-refractivity contribution in [1.82, 2.24) is 0 Å². The van der Waals surface area contributed by atoms with Gasteiger partial charge in [-0.25, -0.2) is 0 Å². The van der Waals surface area contributed by atoms with E-state index in [-0.39, 0.29) is 0 Å². The van der Waals surface area contributed by atoms with Gasteiger partial charge in [-0.05, 0) is 25.7 Å². The second kappa shape index (κ2) is 24.2. The van der Waals surface area contributed by atoms with Crippen molar-refractivity contribution in [3.05, 3.63) is 12.2 Å². The van der Waals surface area contributed by atoms with E-state index >= 15 is 0 Å². The molecule has 0 aliphatic rings. The van der Waals surface area contributed by atoms with Crippen LogP contribution in [0.5, 0.6) is 0 Å². The minimum atomic E-state index is 0.550. The van der Waals surface area contributed by atoms with E-state index in [0.29, 0.717) is 13.1 Å². The lowest BCUT2D eigenvalue weighted by Gasteiger charge is -2.03. The maximum Gasteiger partial charge on any atom is 0.293 e. The number of hydrogen-bond acceptors (Lipinski definition) is 2. The summed E-state index contributed by atoms with van der Waals surface area (Å²) < 4.78 is 4.69. The van der Waals surface area contributed by atoms with Crippen molar-refractivity contribution in [2.75, 3.05) is 6.61 Å². The highest BCUT2D eigenvalue weighted by Gasteiger charge is 1.95. The van der Waals surface area contributed by atoms with E-state index in [4.69, 9.17) is 4.74 Å². The van der Waals surface area contributed by atoms with Crippen molar-refractivity contribution >= 4 is 6.47 Å². The molecular formula is C24H46O2. The summed E-state index contributed by atoms with van der Waals surface area (Å²) in [6, 6.07) is 0. The van der Waals surface area contributed by atoms with E-state index in [2.05, 4.69) is 19.1 Å². The summed E-state index contributed by atoms with van der Waals surface area (Å²) in [5.74, 6) is 0. The minimum absolute atomic E-state index is 0.550. The van der Waals surface area contributed by atoms with Crippen LogP contribution < -0.4 is 0 Å². The van der Waals surface area contributed by atoms with Crippen molar-refractivity contribution in [3.63, 3.8) is 0 Å². The Morgan fingerprint density at radius 1 is 0.538 bits per heavy atom. The first-order valence-electron chi connectivity index (χ1n) is 11.6. The van der Waals surface area contributed by atoms with E-state index in [9.17, 15) is 4.79 Å². The molecule has 0 spiro atoms. The molecule has 0 radical (unpaired) electrons. The molecule has 0 aromatic rings. The van der Waals surface area contributed by atoms with Crippen molar-refractivity contribution in [1.29, 1.82) is 0 Å². The zero-order valence-corrected chi connectivity index (χ0v) is 17.7. The molecule has 2 heteroatoms. The Morgan fingerprint density at radius 3 is 1.35 bits per heavy atom. The zero-order chi connectivity index (χ0) is 19.0. The second-order valence-corrected chi connectivity index (χ2v) is 7.67. The van der Waals surface area contributed by atoms with Crippen molar-refractivity contribution in [2.45, 2.75) is 129 Å². The molecule has 0 aliphatic carbocycles. The van der Waals surface area contributed by atoms with Crippen LogP contribution in [0, 0.1) is 0 Å². The number of carbonyl (C=O) groups excluding carboxylic acids is 1. The molecule has 26 heavy (non-hydrogen) atoms. The van der Waals surface area contributed by atoms with Gasteiger partial charge in [-0.1, -0.05) is 115 Å². The predicted molar refractivity (Wildman–Crippen MR) is 115 cm³/mol. The third-order valence-electron chi connectivity index (χ3n) is 5.09. The maximum absolute atomic E-state index is 9.99. The van der Waals surface area contributed by atoms with Gasteiger partial charge in [0, 0.05) is 0 Å². The summed E-state index contributed by atoms with van der Waals surface area (Å²) in [7, 11) is 0. The van der Waals surface area contributed by atoms with Gasteiger partial charge in [0.2, 0.25) is 0 Å². The number of hydrogen-bond donors (Lipinski definition) is 0. The average molecular weight is 367 g/mol. The molecule has 0 saturated heterocycles. The lowest BCUT2D eigenvalue weighted by atomic mass is 10.0. The standard InChI is InChI=1S/C24H46O2/c1-2-3-4-5-6-7-8-9-10-11-12-13-14-15-16-17-18-19-20-21-22-23-26-24-25/h5-6,24H,2-4,7-23H2,1H3. The molecule has 0 saturated carbocycles. The number of allylic oxidation sites excluding steroid dienone is 2. The summed E-state index contributed by atoms with van der Waals surface area (Å²) in [4.78, 5) is 9.99. The Morgan fingerprint density at radius 2 is 0.923 bits per heavy atom. The molecule has 0 aromatic heterocycles. The summed E-state index contributed by atoms with van der Waals surface area (Å²) in [5, 5.41) is 0. The summed E-state index contributed by atoms with van der Waals surface area (Å²) in [5.41, 5.74) is 0. The van der Waals surface area contributed by atoms with Gasteiger partial charge in [-0.15, -0.1) is 0 Å². The number of rotatable bonds is 22. The summed E-state index contributed by atoms with van der Waals surface area (Å²) in [6.45, 7) is 3.40. The fourth-order valence-corrected chi connectivity index (χ4v) is 3.35. The Kier molecular flexibility index (Phi) is 23.5. The van der Waals surface area contributed by atoms with E-state index in [0.717, 1.165) is 6.42 Å². The third kappa shape index (κ3) is 23.2. The Bertz CT molecular complexity index is 286. The Balaban J connectivity index is 3.01. The van der Waals surface area contributed by atoms with Crippen LogP contribution in [0.1, 0.15) is 129 Å². The highest BCUT2D eigenvalue weighted by Crippen LogP contribution is 2.14. The SMILES string of the molecule is CCCCC=CCCCCCCCCCCCCCCCCCOC=O. The van der Waals surface area contributed by atoms with Crippen LogP contribution in [-0.2, 0) is 9.53 Å². The zero-order valence-electron chi connectivity index (χ0n) is 17.7. The van der Waals surface area contributed by atoms with Crippen molar-refractivity contribution in [3.8, 4) is 0 Å².